The highest BCUT2D eigenvalue weighted by molar-refractivity contribution is 7.93. The molecule has 0 aliphatic rings. The predicted octanol–water partition coefficient (Wildman–Crippen LogP) is 3.03. The number of carbonyl (C=O) groups excluding carboxylic acids is 2. The summed E-state index contributed by atoms with van der Waals surface area (Å²) in [5.41, 5.74) is 1.90. The second-order valence-electron chi connectivity index (χ2n) is 6.26. The Bertz CT molecular complexity index is 1240. The summed E-state index contributed by atoms with van der Waals surface area (Å²) in [7, 11) is -2.48. The fourth-order valence-corrected chi connectivity index (χ4v) is 4.23. The lowest BCUT2D eigenvalue weighted by Crippen LogP contribution is -2.31. The van der Waals surface area contributed by atoms with Crippen molar-refractivity contribution in [1.82, 2.24) is 10.2 Å². The number of sulfonamides is 1. The largest absolute Gasteiger partial charge is 0.495 e. The zero-order chi connectivity index (χ0) is 23.1. The van der Waals surface area contributed by atoms with Crippen molar-refractivity contribution >= 4 is 49.6 Å². The van der Waals surface area contributed by atoms with Crippen LogP contribution in [-0.4, -0.2) is 43.5 Å². The molecule has 2 N–H and O–H groups in total. The summed E-state index contributed by atoms with van der Waals surface area (Å²) in [6, 6.07) is 10.8. The number of ether oxygens (including phenoxy) is 1. The third kappa shape index (κ3) is 5.70. The Morgan fingerprint density at radius 2 is 1.94 bits per heavy atom. The molecule has 32 heavy (non-hydrogen) atoms. The average Bonchev–Trinajstić information content (AvgIpc) is 3.26. The van der Waals surface area contributed by atoms with Gasteiger partial charge in [-0.1, -0.05) is 29.5 Å². The van der Waals surface area contributed by atoms with E-state index in [4.69, 9.17) is 4.74 Å². The lowest BCUT2D eigenvalue weighted by molar-refractivity contribution is -0.126. The maximum Gasteiger partial charge on any atom is 0.263 e. The number of Topliss-reactive ketones (excluding diaryl/α,β-unsaturated/α-hetero) is 1. The minimum Gasteiger partial charge on any atom is -0.495 e. The van der Waals surface area contributed by atoms with Gasteiger partial charge in [0.2, 0.25) is 11.2 Å². The molecule has 1 heterocycles. The van der Waals surface area contributed by atoms with E-state index in [0.29, 0.717) is 11.4 Å². The van der Waals surface area contributed by atoms with Crippen LogP contribution in [0, 0.1) is 0 Å². The summed E-state index contributed by atoms with van der Waals surface area (Å²) in [6.07, 6.45) is 0. The van der Waals surface area contributed by atoms with Crippen molar-refractivity contribution in [2.45, 2.75) is 17.9 Å². The van der Waals surface area contributed by atoms with E-state index in [1.165, 1.54) is 43.8 Å². The van der Waals surface area contributed by atoms with Crippen LogP contribution in [0.5, 0.6) is 5.75 Å². The number of aromatic nitrogens is 2. The monoisotopic (exact) mass is 474 g/mol. The Morgan fingerprint density at radius 3 is 2.62 bits per heavy atom. The number of carbonyl (C=O) groups is 2. The Hall–Kier alpha value is -3.71. The second-order valence-corrected chi connectivity index (χ2v) is 8.78. The lowest BCUT2D eigenvalue weighted by Gasteiger charge is -2.12. The highest BCUT2D eigenvalue weighted by Gasteiger charge is 2.24. The van der Waals surface area contributed by atoms with E-state index in [-0.39, 0.29) is 15.7 Å². The van der Waals surface area contributed by atoms with Crippen LogP contribution in [-0.2, 0) is 19.6 Å². The van der Waals surface area contributed by atoms with Crippen LogP contribution in [0.3, 0.4) is 0 Å². The molecule has 0 saturated carbocycles. The van der Waals surface area contributed by atoms with Gasteiger partial charge in [0.25, 0.3) is 15.9 Å². The fraction of sp³-hybridized carbons (Fsp3) is 0.158. The number of amides is 1. The van der Waals surface area contributed by atoms with Gasteiger partial charge in [-0.05, 0) is 37.3 Å². The van der Waals surface area contributed by atoms with E-state index < -0.39 is 27.8 Å². The number of hydrogen-bond donors (Lipinski definition) is 2. The molecule has 2 aromatic carbocycles. The van der Waals surface area contributed by atoms with Crippen LogP contribution < -0.4 is 14.8 Å². The molecule has 0 bridgehead atoms. The normalized spacial score (nSPS) is 12.3. The third-order valence-corrected chi connectivity index (χ3v) is 6.07. The molecule has 0 fully saturated rings. The molecule has 1 atom stereocenters. The van der Waals surface area contributed by atoms with Gasteiger partial charge in [0, 0.05) is 0 Å². The first-order valence-electron chi connectivity index (χ1n) is 9.04. The van der Waals surface area contributed by atoms with Crippen LogP contribution in [0.2, 0.25) is 0 Å². The number of azo groups is 1. The first-order chi connectivity index (χ1) is 15.3. The maximum absolute atomic E-state index is 12.6. The summed E-state index contributed by atoms with van der Waals surface area (Å²) in [4.78, 5) is 24.5. The molecule has 0 saturated heterocycles. The maximum atomic E-state index is 12.6. The second kappa shape index (κ2) is 10.1. The van der Waals surface area contributed by atoms with Crippen LogP contribution in [0.25, 0.3) is 0 Å². The van der Waals surface area contributed by atoms with Crippen molar-refractivity contribution < 1.29 is 22.7 Å². The summed E-state index contributed by atoms with van der Waals surface area (Å²) >= 11 is 1.03. The van der Waals surface area contributed by atoms with Crippen LogP contribution >= 0.6 is 11.3 Å². The molecule has 0 aliphatic heterocycles. The number of benzene rings is 2. The van der Waals surface area contributed by atoms with Gasteiger partial charge in [-0.15, -0.1) is 10.2 Å². The Kier molecular flexibility index (Phi) is 7.22. The highest BCUT2D eigenvalue weighted by Crippen LogP contribution is 2.24. The van der Waals surface area contributed by atoms with E-state index in [0.717, 1.165) is 11.3 Å². The molecule has 13 heteroatoms. The SMILES string of the molecule is COc1ccccc1NC(=O)C(N=Nc1cccc(S(=O)(=O)Nc2nncs2)c1)C(C)=O. The van der Waals surface area contributed by atoms with E-state index in [2.05, 4.69) is 30.5 Å². The minimum absolute atomic E-state index is 0.0954. The summed E-state index contributed by atoms with van der Waals surface area (Å²) in [5, 5.41) is 17.6. The van der Waals surface area contributed by atoms with E-state index in [1.54, 1.807) is 24.3 Å². The standard InChI is InChI=1S/C19H18N6O5S2/c1-12(26)17(18(27)21-15-8-3-4-9-16(15)30-2)23-22-13-6-5-7-14(10-13)32(28,29)25-19-24-20-11-31-19/h3-11,17H,1-2H3,(H,21,27)(H,24,25). The first-order valence-corrected chi connectivity index (χ1v) is 11.4. The zero-order valence-corrected chi connectivity index (χ0v) is 18.6. The van der Waals surface area contributed by atoms with Gasteiger partial charge >= 0.3 is 0 Å². The van der Waals surface area contributed by atoms with E-state index >= 15 is 0 Å². The molecule has 0 spiro atoms. The number of rotatable bonds is 9. The van der Waals surface area contributed by atoms with Gasteiger partial charge in [-0.25, -0.2) is 8.42 Å². The molecule has 3 aromatic rings. The summed E-state index contributed by atoms with van der Waals surface area (Å²) in [6.45, 7) is 1.21. The van der Waals surface area contributed by atoms with Crippen molar-refractivity contribution in [3.8, 4) is 5.75 Å². The quantitative estimate of drug-likeness (QED) is 0.357. The molecule has 11 nitrogen and oxygen atoms in total. The number of nitrogens with one attached hydrogen (secondary N) is 2. The van der Waals surface area contributed by atoms with E-state index in [9.17, 15) is 18.0 Å². The van der Waals surface area contributed by atoms with Gasteiger partial charge in [0.15, 0.2) is 5.78 Å². The van der Waals surface area contributed by atoms with Crippen LogP contribution in [0.15, 0.2) is 69.2 Å². The molecule has 1 unspecified atom stereocenters. The number of hydrogen-bond acceptors (Lipinski definition) is 10. The van der Waals surface area contributed by atoms with Crippen molar-refractivity contribution in [1.29, 1.82) is 0 Å². The number of nitrogens with zero attached hydrogens (tertiary/aromatic N) is 4. The van der Waals surface area contributed by atoms with Crippen molar-refractivity contribution in [2.75, 3.05) is 17.1 Å². The summed E-state index contributed by atoms with van der Waals surface area (Å²) in [5.74, 6) is -0.823. The highest BCUT2D eigenvalue weighted by atomic mass is 32.2. The number of methoxy groups -OCH3 is 1. The molecular weight excluding hydrogens is 456 g/mol. The molecule has 3 rings (SSSR count). The smallest absolute Gasteiger partial charge is 0.263 e. The molecule has 1 amide bonds. The van der Waals surface area contributed by atoms with Crippen LogP contribution in [0.1, 0.15) is 6.92 Å². The minimum atomic E-state index is -3.93. The Morgan fingerprint density at radius 1 is 1.16 bits per heavy atom. The predicted molar refractivity (Wildman–Crippen MR) is 118 cm³/mol. The average molecular weight is 475 g/mol. The van der Waals surface area contributed by atoms with Gasteiger partial charge in [-0.2, -0.15) is 10.2 Å². The third-order valence-electron chi connectivity index (χ3n) is 4.00. The van der Waals surface area contributed by atoms with Crippen molar-refractivity contribution in [2.24, 2.45) is 10.2 Å². The van der Waals surface area contributed by atoms with Gasteiger partial charge < -0.3 is 10.1 Å². The lowest BCUT2D eigenvalue weighted by atomic mass is 10.2. The first kappa shape index (κ1) is 23.0. The zero-order valence-electron chi connectivity index (χ0n) is 16.9. The molecule has 0 aliphatic carbocycles. The van der Waals surface area contributed by atoms with Gasteiger partial charge in [0.05, 0.1) is 23.4 Å². The molecule has 166 valence electrons. The van der Waals surface area contributed by atoms with Crippen molar-refractivity contribution in [3.05, 3.63) is 54.0 Å². The molecule has 1 aromatic heterocycles. The number of para-hydroxylation sites is 2. The van der Waals surface area contributed by atoms with Crippen LogP contribution in [0.4, 0.5) is 16.5 Å². The Labute approximate surface area is 187 Å². The molecular formula is C19H18N6O5S2. The summed E-state index contributed by atoms with van der Waals surface area (Å²) < 4.78 is 32.5. The van der Waals surface area contributed by atoms with Gasteiger partial charge in [-0.3, -0.25) is 14.3 Å². The number of ketones is 1. The fourth-order valence-electron chi connectivity index (χ4n) is 2.50. The topological polar surface area (TPSA) is 152 Å². The van der Waals surface area contributed by atoms with Gasteiger partial charge in [0.1, 0.15) is 11.3 Å². The molecule has 0 radical (unpaired) electrons. The van der Waals surface area contributed by atoms with Crippen molar-refractivity contribution in [3.63, 3.8) is 0 Å². The van der Waals surface area contributed by atoms with E-state index in [1.807, 2.05) is 0 Å². The Balaban J connectivity index is 1.79. The number of anilines is 2.